The quantitative estimate of drug-likeness (QED) is 0.498. The number of fused-ring (bicyclic) bond motifs is 1. The van der Waals surface area contributed by atoms with Gasteiger partial charge in [0.2, 0.25) is 10.0 Å². The van der Waals surface area contributed by atoms with Crippen molar-refractivity contribution in [2.45, 2.75) is 4.90 Å². The van der Waals surface area contributed by atoms with Gasteiger partial charge in [-0.15, -0.1) is 0 Å². The highest BCUT2D eigenvalue weighted by molar-refractivity contribution is 7.89. The second-order valence-electron chi connectivity index (χ2n) is 7.47. The third-order valence-corrected chi connectivity index (χ3v) is 7.38. The molecule has 0 amide bonds. The van der Waals surface area contributed by atoms with Crippen LogP contribution in [0.25, 0.3) is 22.0 Å². The fourth-order valence-electron chi connectivity index (χ4n) is 3.76. The molecule has 7 nitrogen and oxygen atoms in total. The van der Waals surface area contributed by atoms with Crippen LogP contribution in [0.2, 0.25) is 0 Å². The number of hydrogen-bond donors (Lipinski definition) is 1. The molecule has 162 valence electrons. The van der Waals surface area contributed by atoms with Crippen molar-refractivity contribution in [3.8, 4) is 11.1 Å². The van der Waals surface area contributed by atoms with Gasteiger partial charge in [-0.1, -0.05) is 24.3 Å². The predicted octanol–water partition coefficient (Wildman–Crippen LogP) is 4.06. The third-order valence-electron chi connectivity index (χ3n) is 5.46. The number of ether oxygens (including phenoxy) is 1. The number of hydrogen-bond acceptors (Lipinski definition) is 6. The maximum Gasteiger partial charge on any atom is 0.243 e. The lowest BCUT2D eigenvalue weighted by Gasteiger charge is -2.26. The Kier molecular flexibility index (Phi) is 5.57. The molecule has 3 heterocycles. The van der Waals surface area contributed by atoms with Crippen molar-refractivity contribution in [2.75, 3.05) is 31.6 Å². The molecule has 1 fully saturated rings. The van der Waals surface area contributed by atoms with Gasteiger partial charge in [0, 0.05) is 30.9 Å². The molecular formula is C24H22N4O3S. The summed E-state index contributed by atoms with van der Waals surface area (Å²) in [7, 11) is -3.51. The van der Waals surface area contributed by atoms with Gasteiger partial charge in [0.15, 0.2) is 0 Å². The summed E-state index contributed by atoms with van der Waals surface area (Å²) in [5.41, 5.74) is 3.67. The average Bonchev–Trinajstić information content (AvgIpc) is 2.85. The molecule has 2 aromatic heterocycles. The van der Waals surface area contributed by atoms with E-state index in [1.54, 1.807) is 24.5 Å². The van der Waals surface area contributed by atoms with E-state index in [0.717, 1.165) is 33.5 Å². The molecule has 0 atom stereocenters. The normalized spacial score (nSPS) is 15.0. The van der Waals surface area contributed by atoms with Crippen LogP contribution in [-0.4, -0.2) is 49.0 Å². The highest BCUT2D eigenvalue weighted by atomic mass is 32.2. The highest BCUT2D eigenvalue weighted by Crippen LogP contribution is 2.30. The first-order valence-electron chi connectivity index (χ1n) is 10.4. The smallest absolute Gasteiger partial charge is 0.243 e. The molecular weight excluding hydrogens is 424 g/mol. The lowest BCUT2D eigenvalue weighted by Crippen LogP contribution is -2.40. The first-order valence-corrected chi connectivity index (χ1v) is 11.8. The topological polar surface area (TPSA) is 84.4 Å². The van der Waals surface area contributed by atoms with Crippen LogP contribution in [0.5, 0.6) is 0 Å². The number of rotatable bonds is 5. The molecule has 1 N–H and O–H groups in total. The van der Waals surface area contributed by atoms with Crippen molar-refractivity contribution in [1.82, 2.24) is 14.3 Å². The van der Waals surface area contributed by atoms with Crippen LogP contribution in [0.15, 0.2) is 84.0 Å². The lowest BCUT2D eigenvalue weighted by molar-refractivity contribution is 0.0730. The fraction of sp³-hybridized carbons (Fsp3) is 0.167. The van der Waals surface area contributed by atoms with Crippen LogP contribution in [-0.2, 0) is 14.8 Å². The number of morpholine rings is 1. The molecule has 0 saturated carbocycles. The Labute approximate surface area is 186 Å². The zero-order chi connectivity index (χ0) is 22.0. The summed E-state index contributed by atoms with van der Waals surface area (Å²) in [6, 6.07) is 20.7. The van der Waals surface area contributed by atoms with Gasteiger partial charge in [-0.3, -0.25) is 4.98 Å². The zero-order valence-electron chi connectivity index (χ0n) is 17.3. The summed E-state index contributed by atoms with van der Waals surface area (Å²) in [6.07, 6.45) is 3.50. The number of nitrogens with one attached hydrogen (secondary N) is 1. The number of sulfonamides is 1. The van der Waals surface area contributed by atoms with Crippen molar-refractivity contribution in [1.29, 1.82) is 0 Å². The van der Waals surface area contributed by atoms with Gasteiger partial charge in [0.1, 0.15) is 5.82 Å². The minimum atomic E-state index is -3.51. The Hall–Kier alpha value is -3.33. The maximum absolute atomic E-state index is 12.9. The predicted molar refractivity (Wildman–Crippen MR) is 124 cm³/mol. The molecule has 1 saturated heterocycles. The van der Waals surface area contributed by atoms with Crippen molar-refractivity contribution in [3.05, 3.63) is 79.1 Å². The minimum Gasteiger partial charge on any atom is -0.379 e. The summed E-state index contributed by atoms with van der Waals surface area (Å²) < 4.78 is 32.5. The largest absolute Gasteiger partial charge is 0.379 e. The Morgan fingerprint density at radius 2 is 1.62 bits per heavy atom. The average molecular weight is 447 g/mol. The van der Waals surface area contributed by atoms with Gasteiger partial charge in [-0.05, 0) is 53.6 Å². The SMILES string of the molecule is O=S(=O)(c1ccc(-c2ccc3nccc(Nc4ccccn4)c3c2)cc1)N1CCOCC1. The number of nitrogens with zero attached hydrogens (tertiary/aromatic N) is 3. The van der Waals surface area contributed by atoms with E-state index in [2.05, 4.69) is 21.4 Å². The van der Waals surface area contributed by atoms with Crippen molar-refractivity contribution in [2.24, 2.45) is 0 Å². The van der Waals surface area contributed by atoms with E-state index >= 15 is 0 Å². The minimum absolute atomic E-state index is 0.295. The molecule has 0 spiro atoms. The van der Waals surface area contributed by atoms with Crippen LogP contribution >= 0.6 is 0 Å². The van der Waals surface area contributed by atoms with E-state index in [0.29, 0.717) is 31.2 Å². The van der Waals surface area contributed by atoms with Gasteiger partial charge in [0.25, 0.3) is 0 Å². The van der Waals surface area contributed by atoms with E-state index in [4.69, 9.17) is 4.74 Å². The van der Waals surface area contributed by atoms with Crippen molar-refractivity contribution in [3.63, 3.8) is 0 Å². The van der Waals surface area contributed by atoms with Crippen LogP contribution < -0.4 is 5.32 Å². The molecule has 0 bridgehead atoms. The summed E-state index contributed by atoms with van der Waals surface area (Å²) in [6.45, 7) is 1.62. The molecule has 0 radical (unpaired) electrons. The molecule has 0 unspecified atom stereocenters. The molecule has 0 aliphatic carbocycles. The van der Waals surface area contributed by atoms with Crippen LogP contribution in [0.4, 0.5) is 11.5 Å². The Morgan fingerprint density at radius 1 is 0.844 bits per heavy atom. The van der Waals surface area contributed by atoms with Gasteiger partial charge >= 0.3 is 0 Å². The number of anilines is 2. The lowest BCUT2D eigenvalue weighted by atomic mass is 10.0. The molecule has 8 heteroatoms. The van der Waals surface area contributed by atoms with Crippen molar-refractivity contribution < 1.29 is 13.2 Å². The Bertz CT molecular complexity index is 1340. The van der Waals surface area contributed by atoms with Crippen LogP contribution in [0, 0.1) is 0 Å². The molecule has 5 rings (SSSR count). The van der Waals surface area contributed by atoms with E-state index in [-0.39, 0.29) is 0 Å². The third kappa shape index (κ3) is 4.08. The highest BCUT2D eigenvalue weighted by Gasteiger charge is 2.26. The van der Waals surface area contributed by atoms with Gasteiger partial charge in [-0.25, -0.2) is 13.4 Å². The molecule has 1 aliphatic heterocycles. The molecule has 4 aromatic rings. The molecule has 2 aromatic carbocycles. The van der Waals surface area contributed by atoms with Crippen molar-refractivity contribution >= 4 is 32.4 Å². The second-order valence-corrected chi connectivity index (χ2v) is 9.41. The number of pyridine rings is 2. The number of benzene rings is 2. The fourth-order valence-corrected chi connectivity index (χ4v) is 5.17. The van der Waals surface area contributed by atoms with E-state index in [1.165, 1.54) is 4.31 Å². The molecule has 32 heavy (non-hydrogen) atoms. The van der Waals surface area contributed by atoms with Gasteiger partial charge < -0.3 is 10.1 Å². The maximum atomic E-state index is 12.9. The first-order chi connectivity index (χ1) is 15.6. The summed E-state index contributed by atoms with van der Waals surface area (Å²) in [4.78, 5) is 9.09. The standard InChI is InChI=1S/C24H22N4O3S/c29-32(30,28-13-15-31-16-14-28)20-7-4-18(5-8-20)19-6-9-22-21(17-19)23(10-12-25-22)27-24-3-1-2-11-26-24/h1-12,17H,13-16H2,(H,25,26,27). The van der Waals surface area contributed by atoms with E-state index < -0.39 is 10.0 Å². The van der Waals surface area contributed by atoms with E-state index in [9.17, 15) is 8.42 Å². The van der Waals surface area contributed by atoms with Crippen LogP contribution in [0.1, 0.15) is 0 Å². The first kappa shape index (κ1) is 20.6. The van der Waals surface area contributed by atoms with Gasteiger partial charge in [-0.2, -0.15) is 4.31 Å². The second kappa shape index (κ2) is 8.66. The monoisotopic (exact) mass is 446 g/mol. The number of aromatic nitrogens is 2. The summed E-state index contributed by atoms with van der Waals surface area (Å²) in [5, 5.41) is 4.30. The molecule has 1 aliphatic rings. The summed E-state index contributed by atoms with van der Waals surface area (Å²) in [5.74, 6) is 0.753. The van der Waals surface area contributed by atoms with E-state index in [1.807, 2.05) is 48.5 Å². The Balaban J connectivity index is 1.46. The summed E-state index contributed by atoms with van der Waals surface area (Å²) >= 11 is 0. The van der Waals surface area contributed by atoms with Gasteiger partial charge in [0.05, 0.1) is 29.3 Å². The zero-order valence-corrected chi connectivity index (χ0v) is 18.1. The Morgan fingerprint density at radius 3 is 2.38 bits per heavy atom. The van der Waals surface area contributed by atoms with Crippen LogP contribution in [0.3, 0.4) is 0 Å².